The Morgan fingerprint density at radius 3 is 2.67 bits per heavy atom. The Kier molecular flexibility index (Phi) is 2.83. The molecule has 0 spiro atoms. The summed E-state index contributed by atoms with van der Waals surface area (Å²) in [5.41, 5.74) is 7.71. The van der Waals surface area contributed by atoms with Gasteiger partial charge in [-0.2, -0.15) is 0 Å². The first-order valence-electron chi connectivity index (χ1n) is 5.11. The highest BCUT2D eigenvalue weighted by Crippen LogP contribution is 2.11. The first-order chi connectivity index (χ1) is 7.31. The van der Waals surface area contributed by atoms with Crippen LogP contribution in [0.2, 0.25) is 0 Å². The average molecular weight is 201 g/mol. The van der Waals surface area contributed by atoms with Gasteiger partial charge in [-0.25, -0.2) is 4.98 Å². The number of aromatic nitrogens is 2. The van der Waals surface area contributed by atoms with Gasteiger partial charge in [-0.05, 0) is 25.6 Å². The van der Waals surface area contributed by atoms with E-state index in [0.717, 1.165) is 23.6 Å². The van der Waals surface area contributed by atoms with E-state index >= 15 is 0 Å². The van der Waals surface area contributed by atoms with Gasteiger partial charge in [0.25, 0.3) is 0 Å². The van der Waals surface area contributed by atoms with Gasteiger partial charge < -0.3 is 10.3 Å². The fourth-order valence-corrected chi connectivity index (χ4v) is 1.65. The fraction of sp³-hybridized carbons (Fsp3) is 0.250. The van der Waals surface area contributed by atoms with Crippen LogP contribution in [0, 0.1) is 6.92 Å². The lowest BCUT2D eigenvalue weighted by Gasteiger charge is -2.02. The lowest BCUT2D eigenvalue weighted by atomic mass is 10.3. The molecule has 15 heavy (non-hydrogen) atoms. The molecule has 1 heterocycles. The zero-order valence-corrected chi connectivity index (χ0v) is 8.85. The molecule has 0 aliphatic carbocycles. The molecule has 0 saturated heterocycles. The molecule has 2 aromatic rings. The molecule has 0 bridgehead atoms. The van der Waals surface area contributed by atoms with E-state index in [9.17, 15) is 0 Å². The minimum absolute atomic E-state index is 0.644. The number of para-hydroxylation sites is 1. The van der Waals surface area contributed by atoms with E-state index in [1.54, 1.807) is 0 Å². The largest absolute Gasteiger partial charge is 0.330 e. The maximum absolute atomic E-state index is 5.51. The van der Waals surface area contributed by atoms with E-state index in [1.165, 1.54) is 0 Å². The number of hydrogen-bond donors (Lipinski definition) is 1. The average Bonchev–Trinajstić information content (AvgIpc) is 2.61. The molecule has 0 atom stereocenters. The number of nitrogens with zero attached hydrogens (tertiary/aromatic N) is 2. The molecular weight excluding hydrogens is 186 g/mol. The summed E-state index contributed by atoms with van der Waals surface area (Å²) in [4.78, 5) is 4.46. The van der Waals surface area contributed by atoms with Gasteiger partial charge in [-0.3, -0.25) is 0 Å². The SMILES string of the molecule is Cc1nc(CCN)cn1-c1ccccc1. The Labute approximate surface area is 89.6 Å². The summed E-state index contributed by atoms with van der Waals surface area (Å²) in [5, 5.41) is 0. The predicted molar refractivity (Wildman–Crippen MR) is 61.1 cm³/mol. The summed E-state index contributed by atoms with van der Waals surface area (Å²) >= 11 is 0. The summed E-state index contributed by atoms with van der Waals surface area (Å²) in [5.74, 6) is 1.00. The van der Waals surface area contributed by atoms with Crippen LogP contribution in [-0.4, -0.2) is 16.1 Å². The molecular formula is C12H15N3. The van der Waals surface area contributed by atoms with Gasteiger partial charge in [0.2, 0.25) is 0 Å². The third-order valence-corrected chi connectivity index (χ3v) is 2.37. The number of aryl methyl sites for hydroxylation is 1. The predicted octanol–water partition coefficient (Wildman–Crippen LogP) is 1.68. The van der Waals surface area contributed by atoms with Gasteiger partial charge >= 0.3 is 0 Å². The van der Waals surface area contributed by atoms with E-state index < -0.39 is 0 Å². The maximum Gasteiger partial charge on any atom is 0.110 e. The number of hydrogen-bond acceptors (Lipinski definition) is 2. The van der Waals surface area contributed by atoms with Crippen molar-refractivity contribution >= 4 is 0 Å². The van der Waals surface area contributed by atoms with Crippen LogP contribution in [0.5, 0.6) is 0 Å². The molecule has 0 aliphatic rings. The number of rotatable bonds is 3. The standard InChI is InChI=1S/C12H15N3/c1-10-14-11(7-8-13)9-15(10)12-5-3-2-4-6-12/h2-6,9H,7-8,13H2,1H3. The van der Waals surface area contributed by atoms with Crippen LogP contribution in [0.3, 0.4) is 0 Å². The van der Waals surface area contributed by atoms with Crippen LogP contribution in [0.25, 0.3) is 5.69 Å². The van der Waals surface area contributed by atoms with Crippen molar-refractivity contribution in [2.24, 2.45) is 5.73 Å². The highest BCUT2D eigenvalue weighted by Gasteiger charge is 2.04. The van der Waals surface area contributed by atoms with E-state index in [1.807, 2.05) is 25.1 Å². The molecule has 0 radical (unpaired) electrons. The molecule has 0 fully saturated rings. The molecule has 2 rings (SSSR count). The van der Waals surface area contributed by atoms with Crippen molar-refractivity contribution < 1.29 is 0 Å². The smallest absolute Gasteiger partial charge is 0.110 e. The van der Waals surface area contributed by atoms with E-state index in [-0.39, 0.29) is 0 Å². The van der Waals surface area contributed by atoms with Crippen molar-refractivity contribution in [3.05, 3.63) is 48.0 Å². The van der Waals surface area contributed by atoms with Gasteiger partial charge in [0.05, 0.1) is 5.69 Å². The van der Waals surface area contributed by atoms with Gasteiger partial charge in [-0.1, -0.05) is 18.2 Å². The summed E-state index contributed by atoms with van der Waals surface area (Å²) in [6.07, 6.45) is 2.89. The van der Waals surface area contributed by atoms with Crippen LogP contribution < -0.4 is 5.73 Å². The molecule has 0 saturated carbocycles. The Morgan fingerprint density at radius 2 is 2.00 bits per heavy atom. The Hall–Kier alpha value is -1.61. The molecule has 0 unspecified atom stereocenters. The van der Waals surface area contributed by atoms with Crippen molar-refractivity contribution in [3.63, 3.8) is 0 Å². The molecule has 1 aromatic heterocycles. The van der Waals surface area contributed by atoms with Crippen molar-refractivity contribution in [3.8, 4) is 5.69 Å². The van der Waals surface area contributed by atoms with Gasteiger partial charge in [-0.15, -0.1) is 0 Å². The van der Waals surface area contributed by atoms with Crippen molar-refractivity contribution in [1.82, 2.24) is 9.55 Å². The van der Waals surface area contributed by atoms with Crippen LogP contribution in [0.15, 0.2) is 36.5 Å². The molecule has 0 aliphatic heterocycles. The monoisotopic (exact) mass is 201 g/mol. The Balaban J connectivity index is 2.36. The van der Waals surface area contributed by atoms with Gasteiger partial charge in [0, 0.05) is 18.3 Å². The molecule has 3 nitrogen and oxygen atoms in total. The normalized spacial score (nSPS) is 10.5. The summed E-state index contributed by atoms with van der Waals surface area (Å²) < 4.78 is 2.09. The fourth-order valence-electron chi connectivity index (χ4n) is 1.65. The van der Waals surface area contributed by atoms with Crippen LogP contribution >= 0.6 is 0 Å². The molecule has 1 aromatic carbocycles. The van der Waals surface area contributed by atoms with E-state index in [4.69, 9.17) is 5.73 Å². The van der Waals surface area contributed by atoms with E-state index in [0.29, 0.717) is 6.54 Å². The third-order valence-electron chi connectivity index (χ3n) is 2.37. The number of imidazole rings is 1. The Bertz CT molecular complexity index is 431. The summed E-state index contributed by atoms with van der Waals surface area (Å²) in [7, 11) is 0. The highest BCUT2D eigenvalue weighted by molar-refractivity contribution is 5.33. The van der Waals surface area contributed by atoms with Gasteiger partial charge in [0.1, 0.15) is 5.82 Å². The Morgan fingerprint density at radius 1 is 1.27 bits per heavy atom. The van der Waals surface area contributed by atoms with E-state index in [2.05, 4.69) is 27.9 Å². The number of benzene rings is 1. The molecule has 78 valence electrons. The zero-order valence-electron chi connectivity index (χ0n) is 8.85. The highest BCUT2D eigenvalue weighted by atomic mass is 15.1. The van der Waals surface area contributed by atoms with Crippen molar-refractivity contribution in [1.29, 1.82) is 0 Å². The lowest BCUT2D eigenvalue weighted by Crippen LogP contribution is -2.02. The lowest BCUT2D eigenvalue weighted by molar-refractivity contribution is 0.928. The minimum Gasteiger partial charge on any atom is -0.330 e. The molecule has 2 N–H and O–H groups in total. The van der Waals surface area contributed by atoms with Gasteiger partial charge in [0.15, 0.2) is 0 Å². The first-order valence-corrected chi connectivity index (χ1v) is 5.11. The second kappa shape index (κ2) is 4.28. The molecule has 3 heteroatoms. The first kappa shape index (κ1) is 9.93. The minimum atomic E-state index is 0.644. The van der Waals surface area contributed by atoms with Crippen molar-refractivity contribution in [2.75, 3.05) is 6.54 Å². The van der Waals surface area contributed by atoms with Crippen LogP contribution in [-0.2, 0) is 6.42 Å². The van der Waals surface area contributed by atoms with Crippen LogP contribution in [0.4, 0.5) is 0 Å². The van der Waals surface area contributed by atoms with Crippen molar-refractivity contribution in [2.45, 2.75) is 13.3 Å². The number of nitrogens with two attached hydrogens (primary N) is 1. The third kappa shape index (κ3) is 2.07. The van der Waals surface area contributed by atoms with Crippen LogP contribution in [0.1, 0.15) is 11.5 Å². The zero-order chi connectivity index (χ0) is 10.7. The summed E-state index contributed by atoms with van der Waals surface area (Å²) in [6.45, 7) is 2.65. The maximum atomic E-state index is 5.51. The topological polar surface area (TPSA) is 43.8 Å². The summed E-state index contributed by atoms with van der Waals surface area (Å²) in [6, 6.07) is 10.2. The quantitative estimate of drug-likeness (QED) is 0.821. The molecule has 0 amide bonds. The second-order valence-electron chi connectivity index (χ2n) is 3.52. The second-order valence-corrected chi connectivity index (χ2v) is 3.52.